The highest BCUT2D eigenvalue weighted by Gasteiger charge is 1.85. The Morgan fingerprint density at radius 3 is 1.92 bits per heavy atom. The fraction of sp³-hybridized carbons (Fsp3) is 0. The lowest BCUT2D eigenvalue weighted by atomic mass is 10.3. The zero-order valence-electron chi connectivity index (χ0n) is 6.44. The zero-order chi connectivity index (χ0) is 9.40. The van der Waals surface area contributed by atoms with Gasteiger partial charge in [-0.2, -0.15) is 5.26 Å². The highest BCUT2D eigenvalue weighted by molar-refractivity contribution is 5.30. The summed E-state index contributed by atoms with van der Waals surface area (Å²) in [5, 5.41) is 24.8. The molecule has 2 N–H and O–H groups in total. The van der Waals surface area contributed by atoms with Crippen LogP contribution in [-0.4, -0.2) is 10.2 Å². The molecular weight excluding hydrogens is 154 g/mol. The van der Waals surface area contributed by atoms with Crippen molar-refractivity contribution >= 4 is 0 Å². The third-order valence-electron chi connectivity index (χ3n) is 0.921. The van der Waals surface area contributed by atoms with Crippen molar-refractivity contribution in [1.82, 2.24) is 0 Å². The Hall–Kier alpha value is -1.95. The van der Waals surface area contributed by atoms with Gasteiger partial charge in [0, 0.05) is 12.1 Å². The lowest BCUT2D eigenvalue weighted by Crippen LogP contribution is -1.61. The van der Waals surface area contributed by atoms with Gasteiger partial charge in [-0.25, -0.2) is 0 Å². The molecule has 62 valence electrons. The average Bonchev–Trinajstić information content (AvgIpc) is 2.04. The van der Waals surface area contributed by atoms with Crippen LogP contribution >= 0.6 is 0 Å². The normalized spacial score (nSPS) is 7.25. The fourth-order valence-electron chi connectivity index (χ4n) is 0.493. The number of nitrogens with zero attached hydrogens (tertiary/aromatic N) is 1. The van der Waals surface area contributed by atoms with Crippen LogP contribution in [0.25, 0.3) is 0 Å². The second-order valence-corrected chi connectivity index (χ2v) is 1.85. The maximum Gasteiger partial charge on any atom is 0.119 e. The third-order valence-corrected chi connectivity index (χ3v) is 0.921. The Morgan fingerprint density at radius 2 is 1.75 bits per heavy atom. The zero-order valence-corrected chi connectivity index (χ0v) is 6.44. The Balaban J connectivity index is 0.000000261. The van der Waals surface area contributed by atoms with Crippen LogP contribution in [0, 0.1) is 11.3 Å². The van der Waals surface area contributed by atoms with E-state index in [1.54, 1.807) is 12.1 Å². The third kappa shape index (κ3) is 4.89. The van der Waals surface area contributed by atoms with Gasteiger partial charge in [-0.15, -0.1) is 0 Å². The summed E-state index contributed by atoms with van der Waals surface area (Å²) in [4.78, 5) is 0. The van der Waals surface area contributed by atoms with Crippen LogP contribution < -0.4 is 0 Å². The molecule has 0 bridgehead atoms. The molecule has 0 aliphatic carbocycles. The number of phenolic OH excluding ortho intramolecular Hbond substituents is 2. The van der Waals surface area contributed by atoms with Crippen LogP contribution in [0.5, 0.6) is 11.5 Å². The molecule has 0 spiro atoms. The summed E-state index contributed by atoms with van der Waals surface area (Å²) in [6, 6.07) is 7.55. The maximum absolute atomic E-state index is 8.65. The second-order valence-electron chi connectivity index (χ2n) is 1.85. The van der Waals surface area contributed by atoms with E-state index >= 15 is 0 Å². The van der Waals surface area contributed by atoms with Crippen LogP contribution in [0.4, 0.5) is 0 Å². The molecule has 1 aromatic rings. The molecule has 12 heavy (non-hydrogen) atoms. The van der Waals surface area contributed by atoms with Crippen molar-refractivity contribution in [2.24, 2.45) is 0 Å². The first-order valence-electron chi connectivity index (χ1n) is 3.19. The number of allylic oxidation sites excluding steroid dienone is 1. The summed E-state index contributed by atoms with van der Waals surface area (Å²) in [6.45, 7) is 3.12. The molecule has 0 aliphatic heterocycles. The van der Waals surface area contributed by atoms with Crippen molar-refractivity contribution in [2.45, 2.75) is 0 Å². The minimum Gasteiger partial charge on any atom is -0.508 e. The molecule has 0 heterocycles. The second kappa shape index (κ2) is 5.81. The van der Waals surface area contributed by atoms with Crippen molar-refractivity contribution in [2.75, 3.05) is 0 Å². The van der Waals surface area contributed by atoms with Crippen LogP contribution in [0.3, 0.4) is 0 Å². The SMILES string of the molecule is C=CC#N.Oc1cccc(O)c1. The van der Waals surface area contributed by atoms with E-state index in [1.165, 1.54) is 24.3 Å². The Kier molecular flexibility index (Phi) is 4.86. The number of hydrogen-bond acceptors (Lipinski definition) is 3. The molecule has 0 aromatic heterocycles. The molecule has 0 saturated heterocycles. The van der Waals surface area contributed by atoms with Gasteiger partial charge < -0.3 is 10.2 Å². The molecule has 0 amide bonds. The number of rotatable bonds is 0. The van der Waals surface area contributed by atoms with Gasteiger partial charge in [-0.1, -0.05) is 12.6 Å². The fourth-order valence-corrected chi connectivity index (χ4v) is 0.493. The number of hydrogen-bond donors (Lipinski definition) is 2. The van der Waals surface area contributed by atoms with E-state index in [2.05, 4.69) is 6.58 Å². The summed E-state index contributed by atoms with van der Waals surface area (Å²) in [5.74, 6) is 0.176. The summed E-state index contributed by atoms with van der Waals surface area (Å²) < 4.78 is 0. The first-order valence-corrected chi connectivity index (χ1v) is 3.19. The topological polar surface area (TPSA) is 64.2 Å². The Labute approximate surface area is 70.8 Å². The van der Waals surface area contributed by atoms with E-state index in [0.29, 0.717) is 0 Å². The molecule has 0 fully saturated rings. The van der Waals surface area contributed by atoms with Gasteiger partial charge in [0.1, 0.15) is 11.5 Å². The molecular formula is C9H9NO2. The van der Waals surface area contributed by atoms with Crippen molar-refractivity contribution in [1.29, 1.82) is 5.26 Å². The number of phenols is 2. The molecule has 0 unspecified atom stereocenters. The number of benzene rings is 1. The van der Waals surface area contributed by atoms with Gasteiger partial charge in [0.2, 0.25) is 0 Å². The van der Waals surface area contributed by atoms with E-state index in [9.17, 15) is 0 Å². The number of nitriles is 1. The first-order chi connectivity index (χ1) is 5.70. The monoisotopic (exact) mass is 163 g/mol. The van der Waals surface area contributed by atoms with Gasteiger partial charge >= 0.3 is 0 Å². The molecule has 1 aromatic carbocycles. The van der Waals surface area contributed by atoms with E-state index in [1.807, 2.05) is 0 Å². The smallest absolute Gasteiger partial charge is 0.119 e. The summed E-state index contributed by atoms with van der Waals surface area (Å²) in [7, 11) is 0. The molecule has 0 radical (unpaired) electrons. The predicted molar refractivity (Wildman–Crippen MR) is 45.6 cm³/mol. The highest BCUT2D eigenvalue weighted by atomic mass is 16.3. The van der Waals surface area contributed by atoms with Crippen molar-refractivity contribution in [3.05, 3.63) is 36.9 Å². The highest BCUT2D eigenvalue weighted by Crippen LogP contribution is 2.14. The van der Waals surface area contributed by atoms with E-state index in [0.717, 1.165) is 0 Å². The van der Waals surface area contributed by atoms with Gasteiger partial charge in [-0.3, -0.25) is 0 Å². The van der Waals surface area contributed by atoms with Crippen LogP contribution in [0.15, 0.2) is 36.9 Å². The minimum atomic E-state index is 0.0880. The quantitative estimate of drug-likeness (QED) is 0.573. The summed E-state index contributed by atoms with van der Waals surface area (Å²) in [6.07, 6.45) is 1.18. The van der Waals surface area contributed by atoms with E-state index < -0.39 is 0 Å². The lowest BCUT2D eigenvalue weighted by molar-refractivity contribution is 0.450. The van der Waals surface area contributed by atoms with Crippen molar-refractivity contribution < 1.29 is 10.2 Å². The predicted octanol–water partition coefficient (Wildman–Crippen LogP) is 1.79. The standard InChI is InChI=1S/C6H6O2.C3H3N/c7-5-2-1-3-6(8)4-5;1-2-3-4/h1-4,7-8H;2H,1H2. The molecule has 3 nitrogen and oxygen atoms in total. The van der Waals surface area contributed by atoms with E-state index in [4.69, 9.17) is 15.5 Å². The minimum absolute atomic E-state index is 0.0880. The largest absolute Gasteiger partial charge is 0.508 e. The summed E-state index contributed by atoms with van der Waals surface area (Å²) in [5.41, 5.74) is 0. The Bertz CT molecular complexity index is 272. The molecule has 3 heteroatoms. The van der Waals surface area contributed by atoms with Gasteiger partial charge in [-0.05, 0) is 12.1 Å². The molecule has 0 saturated carbocycles. The van der Waals surface area contributed by atoms with Gasteiger partial charge in [0.25, 0.3) is 0 Å². The van der Waals surface area contributed by atoms with Crippen LogP contribution in [0.1, 0.15) is 0 Å². The maximum atomic E-state index is 8.65. The lowest BCUT2D eigenvalue weighted by Gasteiger charge is -1.89. The number of aromatic hydroxyl groups is 2. The molecule has 0 aliphatic rings. The van der Waals surface area contributed by atoms with Crippen molar-refractivity contribution in [3.63, 3.8) is 0 Å². The molecule has 1 rings (SSSR count). The van der Waals surface area contributed by atoms with Gasteiger partial charge in [0.15, 0.2) is 0 Å². The van der Waals surface area contributed by atoms with Crippen LogP contribution in [-0.2, 0) is 0 Å². The summed E-state index contributed by atoms with van der Waals surface area (Å²) >= 11 is 0. The molecule has 0 atom stereocenters. The van der Waals surface area contributed by atoms with Crippen LogP contribution in [0.2, 0.25) is 0 Å². The Morgan fingerprint density at radius 1 is 1.33 bits per heavy atom. The van der Waals surface area contributed by atoms with Gasteiger partial charge in [0.05, 0.1) is 6.07 Å². The van der Waals surface area contributed by atoms with Crippen molar-refractivity contribution in [3.8, 4) is 17.6 Å². The average molecular weight is 163 g/mol. The first kappa shape index (κ1) is 10.0. The van der Waals surface area contributed by atoms with E-state index in [-0.39, 0.29) is 11.5 Å².